The number of hydrogen-bond acceptors (Lipinski definition) is 3. The number of rotatable bonds is 2. The first kappa shape index (κ1) is 7.21. The minimum absolute atomic E-state index is 0.197. The molecule has 0 aromatic carbocycles. The summed E-state index contributed by atoms with van der Waals surface area (Å²) in [5.41, 5.74) is -0.197. The van der Waals surface area contributed by atoms with E-state index in [1.807, 2.05) is 0 Å². The third-order valence-corrected chi connectivity index (χ3v) is 1.30. The lowest BCUT2D eigenvalue weighted by Gasteiger charge is -1.95. The van der Waals surface area contributed by atoms with Crippen LogP contribution in [0.5, 0.6) is 5.75 Å². The highest BCUT2D eigenvalue weighted by Gasteiger charge is 1.95. The maximum Gasteiger partial charge on any atom is 0.291 e. The smallest absolute Gasteiger partial charge is 0.291 e. The maximum absolute atomic E-state index is 10.8. The molecule has 0 amide bonds. The molecule has 0 aliphatic carbocycles. The fourth-order valence-electron chi connectivity index (χ4n) is 0.562. The molecule has 1 heterocycles. The molecule has 0 radical (unpaired) electrons. The summed E-state index contributed by atoms with van der Waals surface area (Å²) in [5.74, 6) is 0.343. The summed E-state index contributed by atoms with van der Waals surface area (Å²) in [6.45, 7) is 0. The Kier molecular flexibility index (Phi) is 2.39. The van der Waals surface area contributed by atoms with Crippen LogP contribution in [0.15, 0.2) is 23.1 Å². The van der Waals surface area contributed by atoms with E-state index >= 15 is 0 Å². The first-order valence-electron chi connectivity index (χ1n) is 2.73. The number of pyridine rings is 1. The Bertz CT molecular complexity index is 258. The zero-order valence-corrected chi connectivity index (χ0v) is 6.27. The van der Waals surface area contributed by atoms with Gasteiger partial charge < -0.3 is 9.17 Å². The van der Waals surface area contributed by atoms with Crippen molar-refractivity contribution in [1.82, 2.24) is 4.98 Å². The molecule has 1 aromatic rings. The lowest BCUT2D eigenvalue weighted by molar-refractivity contribution is 0.637. The standard InChI is InChI=1S/C6H7NO2S/c1-10-9-5-3-2-4-7-6(5)8/h2-4H,1H3,(H,7,8). The first-order chi connectivity index (χ1) is 4.84. The molecule has 4 heteroatoms. The highest BCUT2D eigenvalue weighted by atomic mass is 32.2. The number of aromatic amines is 1. The Balaban J connectivity index is 2.92. The van der Waals surface area contributed by atoms with Crippen molar-refractivity contribution in [1.29, 1.82) is 0 Å². The Labute approximate surface area is 62.6 Å². The van der Waals surface area contributed by atoms with E-state index in [1.54, 1.807) is 24.6 Å². The van der Waals surface area contributed by atoms with Gasteiger partial charge in [0, 0.05) is 12.5 Å². The second-order valence-corrected chi connectivity index (χ2v) is 2.11. The first-order valence-corrected chi connectivity index (χ1v) is 3.88. The van der Waals surface area contributed by atoms with E-state index in [1.165, 1.54) is 0 Å². The molecule has 0 bridgehead atoms. The van der Waals surface area contributed by atoms with Crippen LogP contribution in [0.2, 0.25) is 0 Å². The monoisotopic (exact) mass is 157 g/mol. The van der Waals surface area contributed by atoms with Crippen LogP contribution >= 0.6 is 12.0 Å². The summed E-state index contributed by atoms with van der Waals surface area (Å²) in [6, 6.07) is 3.34. The average Bonchev–Trinajstić information content (AvgIpc) is 1.94. The van der Waals surface area contributed by atoms with E-state index in [2.05, 4.69) is 4.98 Å². The van der Waals surface area contributed by atoms with Crippen molar-refractivity contribution in [2.45, 2.75) is 0 Å². The van der Waals surface area contributed by atoms with Gasteiger partial charge in [0.05, 0.1) is 12.0 Å². The van der Waals surface area contributed by atoms with Crippen LogP contribution in [-0.4, -0.2) is 11.2 Å². The second kappa shape index (κ2) is 3.31. The molecular formula is C6H7NO2S. The van der Waals surface area contributed by atoms with E-state index in [0.717, 1.165) is 12.0 Å². The normalized spacial score (nSPS) is 9.30. The van der Waals surface area contributed by atoms with Gasteiger partial charge in [0.2, 0.25) is 5.75 Å². The summed E-state index contributed by atoms with van der Waals surface area (Å²) in [6.07, 6.45) is 3.32. The van der Waals surface area contributed by atoms with E-state index < -0.39 is 0 Å². The summed E-state index contributed by atoms with van der Waals surface area (Å²) in [7, 11) is 0. The summed E-state index contributed by atoms with van der Waals surface area (Å²) < 4.78 is 4.91. The van der Waals surface area contributed by atoms with Crippen LogP contribution in [0, 0.1) is 0 Å². The summed E-state index contributed by atoms with van der Waals surface area (Å²) >= 11 is 1.15. The molecule has 1 N–H and O–H groups in total. The van der Waals surface area contributed by atoms with E-state index in [0.29, 0.717) is 5.75 Å². The Hall–Kier alpha value is -0.900. The van der Waals surface area contributed by atoms with Gasteiger partial charge in [-0.05, 0) is 12.1 Å². The molecular weight excluding hydrogens is 150 g/mol. The minimum Gasteiger partial charge on any atom is -0.420 e. The van der Waals surface area contributed by atoms with Gasteiger partial charge in [-0.3, -0.25) is 4.79 Å². The Morgan fingerprint density at radius 2 is 2.50 bits per heavy atom. The van der Waals surface area contributed by atoms with Crippen LogP contribution in [0.3, 0.4) is 0 Å². The molecule has 0 spiro atoms. The van der Waals surface area contributed by atoms with Crippen molar-refractivity contribution in [3.8, 4) is 5.75 Å². The predicted octanol–water partition coefficient (Wildman–Crippen LogP) is 1.03. The number of hydrogen-bond donors (Lipinski definition) is 1. The molecule has 0 saturated heterocycles. The molecule has 1 aromatic heterocycles. The molecule has 3 nitrogen and oxygen atoms in total. The van der Waals surface area contributed by atoms with Gasteiger partial charge in [0.1, 0.15) is 0 Å². The third-order valence-electron chi connectivity index (χ3n) is 0.955. The molecule has 10 heavy (non-hydrogen) atoms. The quantitative estimate of drug-likeness (QED) is 0.652. The minimum atomic E-state index is -0.197. The molecule has 0 aliphatic heterocycles. The van der Waals surface area contributed by atoms with Crippen LogP contribution in [-0.2, 0) is 0 Å². The highest BCUT2D eigenvalue weighted by molar-refractivity contribution is 7.94. The number of H-pyrrole nitrogens is 1. The van der Waals surface area contributed by atoms with Crippen molar-refractivity contribution in [2.24, 2.45) is 0 Å². The molecule has 0 fully saturated rings. The van der Waals surface area contributed by atoms with E-state index in [4.69, 9.17) is 4.18 Å². The molecule has 0 saturated carbocycles. The van der Waals surface area contributed by atoms with Gasteiger partial charge >= 0.3 is 0 Å². The molecule has 1 rings (SSSR count). The average molecular weight is 157 g/mol. The second-order valence-electron chi connectivity index (χ2n) is 1.61. The highest BCUT2D eigenvalue weighted by Crippen LogP contribution is 2.05. The van der Waals surface area contributed by atoms with Crippen LogP contribution < -0.4 is 9.74 Å². The Morgan fingerprint density at radius 1 is 1.70 bits per heavy atom. The zero-order valence-electron chi connectivity index (χ0n) is 5.46. The van der Waals surface area contributed by atoms with Crippen molar-refractivity contribution < 1.29 is 4.18 Å². The van der Waals surface area contributed by atoms with Crippen molar-refractivity contribution in [3.63, 3.8) is 0 Å². The predicted molar refractivity (Wildman–Crippen MR) is 41.2 cm³/mol. The van der Waals surface area contributed by atoms with Gasteiger partial charge in [-0.1, -0.05) is 0 Å². The van der Waals surface area contributed by atoms with Crippen molar-refractivity contribution in [3.05, 3.63) is 28.7 Å². The molecule has 54 valence electrons. The van der Waals surface area contributed by atoms with Gasteiger partial charge in [-0.15, -0.1) is 0 Å². The molecule has 0 unspecified atom stereocenters. The largest absolute Gasteiger partial charge is 0.420 e. The SMILES string of the molecule is CSOc1ccc[nH]c1=O. The van der Waals surface area contributed by atoms with Gasteiger partial charge in [-0.25, -0.2) is 0 Å². The lowest BCUT2D eigenvalue weighted by atomic mass is 10.5. The number of aromatic nitrogens is 1. The van der Waals surface area contributed by atoms with E-state index in [9.17, 15) is 4.79 Å². The maximum atomic E-state index is 10.8. The van der Waals surface area contributed by atoms with Crippen LogP contribution in [0.1, 0.15) is 0 Å². The lowest BCUT2D eigenvalue weighted by Crippen LogP contribution is -2.05. The van der Waals surface area contributed by atoms with Crippen LogP contribution in [0.4, 0.5) is 0 Å². The third kappa shape index (κ3) is 1.54. The molecule has 0 atom stereocenters. The fourth-order valence-corrected chi connectivity index (χ4v) is 0.872. The van der Waals surface area contributed by atoms with Gasteiger partial charge in [-0.2, -0.15) is 0 Å². The van der Waals surface area contributed by atoms with Crippen molar-refractivity contribution >= 4 is 12.0 Å². The van der Waals surface area contributed by atoms with Gasteiger partial charge in [0.25, 0.3) is 5.56 Å². The zero-order chi connectivity index (χ0) is 7.40. The van der Waals surface area contributed by atoms with E-state index in [-0.39, 0.29) is 5.56 Å². The fraction of sp³-hybridized carbons (Fsp3) is 0.167. The van der Waals surface area contributed by atoms with Crippen molar-refractivity contribution in [2.75, 3.05) is 6.26 Å². The van der Waals surface area contributed by atoms with Gasteiger partial charge in [0.15, 0.2) is 0 Å². The number of nitrogens with one attached hydrogen (secondary N) is 1. The molecule has 0 aliphatic rings. The Morgan fingerprint density at radius 3 is 3.10 bits per heavy atom. The topological polar surface area (TPSA) is 42.1 Å². The van der Waals surface area contributed by atoms with Crippen LogP contribution in [0.25, 0.3) is 0 Å². The summed E-state index contributed by atoms with van der Waals surface area (Å²) in [5, 5.41) is 0. The summed E-state index contributed by atoms with van der Waals surface area (Å²) in [4.78, 5) is 13.3.